The van der Waals surface area contributed by atoms with Crippen LogP contribution in [0.2, 0.25) is 0 Å². The van der Waals surface area contributed by atoms with Gasteiger partial charge >= 0.3 is 5.97 Å². The van der Waals surface area contributed by atoms with E-state index in [0.717, 1.165) is 6.42 Å². The molecule has 1 aromatic carbocycles. The van der Waals surface area contributed by atoms with Crippen LogP contribution < -0.4 is 5.32 Å². The third kappa shape index (κ3) is 3.32. The maximum Gasteiger partial charge on any atom is 0.341 e. The van der Waals surface area contributed by atoms with Gasteiger partial charge in [-0.15, -0.1) is 0 Å². The summed E-state index contributed by atoms with van der Waals surface area (Å²) >= 11 is 3.16. The zero-order valence-corrected chi connectivity index (χ0v) is 13.5. The lowest BCUT2D eigenvalue weighted by Gasteiger charge is -2.14. The van der Waals surface area contributed by atoms with Gasteiger partial charge in [0, 0.05) is 24.2 Å². The number of hydrogen-bond donors (Lipinski definition) is 1. The second kappa shape index (κ2) is 6.85. The van der Waals surface area contributed by atoms with Crippen molar-refractivity contribution in [3.8, 4) is 0 Å². The summed E-state index contributed by atoms with van der Waals surface area (Å²) in [6, 6.07) is 2.96. The van der Waals surface area contributed by atoms with Gasteiger partial charge in [0.05, 0.1) is 22.3 Å². The zero-order valence-electron chi connectivity index (χ0n) is 11.9. The lowest BCUT2D eigenvalue weighted by Crippen LogP contribution is -2.11. The van der Waals surface area contributed by atoms with Gasteiger partial charge in [0.1, 0.15) is 11.4 Å². The molecule has 2 rings (SSSR count). The molecule has 4 nitrogen and oxygen atoms in total. The van der Waals surface area contributed by atoms with E-state index >= 15 is 0 Å². The highest BCUT2D eigenvalue weighted by atomic mass is 79.9. The topological polar surface area (TPSA) is 51.2 Å². The lowest BCUT2D eigenvalue weighted by molar-refractivity contribution is 0.0527. The number of carbonyl (C=O) groups excluding carboxylic acids is 1. The number of benzene rings is 1. The summed E-state index contributed by atoms with van der Waals surface area (Å²) in [5.74, 6) is -0.828. The van der Waals surface area contributed by atoms with Gasteiger partial charge in [-0.2, -0.15) is 0 Å². The minimum absolute atomic E-state index is 0.289. The van der Waals surface area contributed by atoms with E-state index in [9.17, 15) is 9.18 Å². The lowest BCUT2D eigenvalue weighted by atomic mass is 10.1. The van der Waals surface area contributed by atoms with Crippen LogP contribution in [0, 0.1) is 5.82 Å². The Morgan fingerprint density at radius 1 is 1.43 bits per heavy atom. The molecule has 0 aliphatic rings. The first kappa shape index (κ1) is 15.7. The molecule has 112 valence electrons. The summed E-state index contributed by atoms with van der Waals surface area (Å²) < 4.78 is 19.0. The molecule has 0 saturated heterocycles. The van der Waals surface area contributed by atoms with E-state index in [1.807, 2.05) is 6.92 Å². The van der Waals surface area contributed by atoms with Crippen molar-refractivity contribution >= 4 is 38.5 Å². The quantitative estimate of drug-likeness (QED) is 0.820. The van der Waals surface area contributed by atoms with Gasteiger partial charge in [-0.3, -0.25) is 4.98 Å². The van der Waals surface area contributed by atoms with Crippen molar-refractivity contribution in [3.05, 3.63) is 34.2 Å². The monoisotopic (exact) mass is 354 g/mol. The molecule has 0 aliphatic carbocycles. The van der Waals surface area contributed by atoms with Gasteiger partial charge in [-0.05, 0) is 35.3 Å². The van der Waals surface area contributed by atoms with E-state index in [-0.39, 0.29) is 12.4 Å². The Balaban J connectivity index is 2.63. The Morgan fingerprint density at radius 2 is 2.19 bits per heavy atom. The third-order valence-corrected chi connectivity index (χ3v) is 3.56. The highest BCUT2D eigenvalue weighted by Gasteiger charge is 2.17. The van der Waals surface area contributed by atoms with Crippen LogP contribution in [0.5, 0.6) is 0 Å². The number of esters is 1. The Morgan fingerprint density at radius 3 is 2.86 bits per heavy atom. The molecule has 1 N–H and O–H groups in total. The molecule has 0 spiro atoms. The van der Waals surface area contributed by atoms with Crippen molar-refractivity contribution in [1.82, 2.24) is 4.98 Å². The Kier molecular flexibility index (Phi) is 5.12. The van der Waals surface area contributed by atoms with Crippen molar-refractivity contribution in [1.29, 1.82) is 0 Å². The molecular formula is C15H16BrFN2O2. The highest BCUT2D eigenvalue weighted by Crippen LogP contribution is 2.30. The first-order chi connectivity index (χ1) is 10.1. The Labute approximate surface area is 130 Å². The average molecular weight is 355 g/mol. The normalized spacial score (nSPS) is 10.7. The van der Waals surface area contributed by atoms with Crippen LogP contribution in [0.1, 0.15) is 30.6 Å². The molecule has 0 bridgehead atoms. The van der Waals surface area contributed by atoms with Gasteiger partial charge in [-0.25, -0.2) is 9.18 Å². The smallest absolute Gasteiger partial charge is 0.341 e. The first-order valence-electron chi connectivity index (χ1n) is 6.77. The van der Waals surface area contributed by atoms with Crippen molar-refractivity contribution < 1.29 is 13.9 Å². The minimum Gasteiger partial charge on any atom is -0.462 e. The maximum atomic E-state index is 13.6. The predicted molar refractivity (Wildman–Crippen MR) is 84.1 cm³/mol. The molecule has 21 heavy (non-hydrogen) atoms. The molecule has 0 fully saturated rings. The summed E-state index contributed by atoms with van der Waals surface area (Å²) in [4.78, 5) is 16.2. The van der Waals surface area contributed by atoms with E-state index in [4.69, 9.17) is 4.74 Å². The number of anilines is 1. The largest absolute Gasteiger partial charge is 0.462 e. The van der Waals surface area contributed by atoms with Crippen molar-refractivity contribution in [3.63, 3.8) is 0 Å². The average Bonchev–Trinajstić information content (AvgIpc) is 2.46. The fraction of sp³-hybridized carbons (Fsp3) is 0.333. The van der Waals surface area contributed by atoms with Crippen LogP contribution in [-0.2, 0) is 4.74 Å². The number of nitrogens with zero attached hydrogens (tertiary/aromatic N) is 1. The number of aromatic nitrogens is 1. The number of nitrogens with one attached hydrogen (secondary N) is 1. The SMILES string of the molecule is CCCNc1c(C(=O)OCC)cnc2cc(F)c(Br)cc12. The standard InChI is InChI=1S/C15H16BrFN2O2/c1-3-5-18-14-9-6-11(16)12(17)7-13(9)19-8-10(14)15(20)21-4-2/h6-8H,3-5H2,1-2H3,(H,18,19). The molecule has 0 unspecified atom stereocenters. The third-order valence-electron chi connectivity index (χ3n) is 2.96. The molecule has 0 radical (unpaired) electrons. The fourth-order valence-corrected chi connectivity index (χ4v) is 2.33. The number of carbonyl (C=O) groups is 1. The van der Waals surface area contributed by atoms with Crippen LogP contribution in [0.4, 0.5) is 10.1 Å². The van der Waals surface area contributed by atoms with Crippen molar-refractivity contribution in [2.75, 3.05) is 18.5 Å². The maximum absolute atomic E-state index is 13.6. The molecule has 0 aliphatic heterocycles. The van der Waals surface area contributed by atoms with Crippen LogP contribution in [0.3, 0.4) is 0 Å². The second-order valence-corrected chi connectivity index (χ2v) is 5.33. The van der Waals surface area contributed by atoms with Crippen molar-refractivity contribution in [2.24, 2.45) is 0 Å². The van der Waals surface area contributed by atoms with Gasteiger partial charge in [0.2, 0.25) is 0 Å². The summed E-state index contributed by atoms with van der Waals surface area (Å²) in [6.07, 6.45) is 2.32. The number of hydrogen-bond acceptors (Lipinski definition) is 4. The van der Waals surface area contributed by atoms with Gasteiger partial charge in [0.15, 0.2) is 0 Å². The van der Waals surface area contributed by atoms with Crippen LogP contribution in [0.25, 0.3) is 10.9 Å². The predicted octanol–water partition coefficient (Wildman–Crippen LogP) is 4.14. The van der Waals surface area contributed by atoms with Crippen LogP contribution in [0.15, 0.2) is 22.8 Å². The molecule has 1 aromatic heterocycles. The summed E-state index contributed by atoms with van der Waals surface area (Å²) in [6.45, 7) is 4.76. The van der Waals surface area contributed by atoms with E-state index < -0.39 is 5.97 Å². The Hall–Kier alpha value is -1.69. The summed E-state index contributed by atoms with van der Waals surface area (Å²) in [7, 11) is 0. The van der Waals surface area contributed by atoms with E-state index in [1.165, 1.54) is 12.3 Å². The molecule has 0 amide bonds. The van der Waals surface area contributed by atoms with Crippen LogP contribution >= 0.6 is 15.9 Å². The zero-order chi connectivity index (χ0) is 15.4. The summed E-state index contributed by atoms with van der Waals surface area (Å²) in [5, 5.41) is 3.89. The van der Waals surface area contributed by atoms with Crippen LogP contribution in [-0.4, -0.2) is 24.1 Å². The summed E-state index contributed by atoms with van der Waals surface area (Å²) in [5.41, 5.74) is 1.47. The van der Waals surface area contributed by atoms with E-state index in [2.05, 4.69) is 26.2 Å². The molecule has 0 saturated carbocycles. The first-order valence-corrected chi connectivity index (χ1v) is 7.56. The van der Waals surface area contributed by atoms with Gasteiger partial charge in [-0.1, -0.05) is 6.92 Å². The minimum atomic E-state index is -0.439. The van der Waals surface area contributed by atoms with E-state index in [0.29, 0.717) is 33.2 Å². The number of pyridine rings is 1. The molecule has 1 heterocycles. The molecule has 6 heteroatoms. The second-order valence-electron chi connectivity index (χ2n) is 4.48. The Bertz CT molecular complexity index is 676. The number of rotatable bonds is 5. The molecule has 2 aromatic rings. The van der Waals surface area contributed by atoms with E-state index in [1.54, 1.807) is 13.0 Å². The van der Waals surface area contributed by atoms with Gasteiger partial charge in [0.25, 0.3) is 0 Å². The van der Waals surface area contributed by atoms with Crippen molar-refractivity contribution in [2.45, 2.75) is 20.3 Å². The molecule has 0 atom stereocenters. The van der Waals surface area contributed by atoms with Gasteiger partial charge < -0.3 is 10.1 Å². The fourth-order valence-electron chi connectivity index (χ4n) is 1.99. The number of ether oxygens (including phenoxy) is 1. The highest BCUT2D eigenvalue weighted by molar-refractivity contribution is 9.10. The number of fused-ring (bicyclic) bond motifs is 1. The number of halogens is 2. The molecular weight excluding hydrogens is 339 g/mol.